The molecule has 21 heavy (non-hydrogen) atoms. The van der Waals surface area contributed by atoms with Crippen LogP contribution in [0.5, 0.6) is 0 Å². The van der Waals surface area contributed by atoms with Crippen molar-refractivity contribution >= 4 is 23.7 Å². The maximum Gasteiger partial charge on any atom is 0.321 e. The zero-order valence-corrected chi connectivity index (χ0v) is 14.0. The number of carbonyl (C=O) groups excluding carboxylic acids is 1. The van der Waals surface area contributed by atoms with Crippen molar-refractivity contribution in [1.29, 1.82) is 0 Å². The van der Waals surface area contributed by atoms with E-state index in [1.807, 2.05) is 35.2 Å². The van der Waals surface area contributed by atoms with Crippen LogP contribution in [0.3, 0.4) is 0 Å². The molecule has 1 rings (SSSR count). The van der Waals surface area contributed by atoms with E-state index in [2.05, 4.69) is 33.0 Å². The molecule has 1 aromatic rings. The summed E-state index contributed by atoms with van der Waals surface area (Å²) in [5.41, 5.74) is 0.960. The van der Waals surface area contributed by atoms with Gasteiger partial charge >= 0.3 is 6.03 Å². The molecule has 116 valence electrons. The van der Waals surface area contributed by atoms with Gasteiger partial charge in [0, 0.05) is 24.3 Å². The van der Waals surface area contributed by atoms with Crippen molar-refractivity contribution in [2.75, 3.05) is 13.1 Å². The molecule has 0 heterocycles. The number of carbonyl (C=O) groups is 1. The topological polar surface area (TPSA) is 32.3 Å². The second-order valence-corrected chi connectivity index (χ2v) is 6.47. The molecule has 0 fully saturated rings. The number of rotatable bonds is 6. The van der Waals surface area contributed by atoms with Crippen LogP contribution in [0.4, 0.5) is 4.79 Å². The molecule has 0 aliphatic carbocycles. The Morgan fingerprint density at radius 3 is 2.38 bits per heavy atom. The second kappa shape index (κ2) is 8.73. The van der Waals surface area contributed by atoms with E-state index < -0.39 is 0 Å². The third-order valence-corrected chi connectivity index (χ3v) is 3.02. The maximum absolute atomic E-state index is 12.2. The second-order valence-electron chi connectivity index (χ2n) is 6.03. The molecule has 0 unspecified atom stereocenters. The van der Waals surface area contributed by atoms with Crippen LogP contribution in [0.1, 0.15) is 33.3 Å². The molecule has 0 saturated heterocycles. The van der Waals surface area contributed by atoms with Gasteiger partial charge in [0.15, 0.2) is 0 Å². The van der Waals surface area contributed by atoms with Gasteiger partial charge in [-0.15, -0.1) is 0 Å². The van der Waals surface area contributed by atoms with Crippen LogP contribution in [0, 0.1) is 11.8 Å². The van der Waals surface area contributed by atoms with Crippen molar-refractivity contribution < 1.29 is 4.79 Å². The Kier molecular flexibility index (Phi) is 7.30. The van der Waals surface area contributed by atoms with Crippen molar-refractivity contribution in [1.82, 2.24) is 10.2 Å². The zero-order valence-electron chi connectivity index (χ0n) is 13.3. The molecule has 0 aliphatic rings. The lowest BCUT2D eigenvalue weighted by Gasteiger charge is -2.25. The number of hydrogen-bond acceptors (Lipinski definition) is 1. The number of amides is 2. The molecule has 0 aromatic heterocycles. The zero-order chi connectivity index (χ0) is 15.8. The number of halogens is 1. The summed E-state index contributed by atoms with van der Waals surface area (Å²) in [5, 5.41) is 3.51. The van der Waals surface area contributed by atoms with E-state index in [1.165, 1.54) is 0 Å². The molecule has 2 amide bonds. The SMILES string of the molecule is CC(C)CN(CC(C)C)C(=O)N/C=C/c1cccc(Cl)c1. The molecule has 0 radical (unpaired) electrons. The smallest absolute Gasteiger partial charge is 0.321 e. The van der Waals surface area contributed by atoms with Gasteiger partial charge < -0.3 is 10.2 Å². The van der Waals surface area contributed by atoms with E-state index in [4.69, 9.17) is 11.6 Å². The fourth-order valence-electron chi connectivity index (χ4n) is 2.03. The quantitative estimate of drug-likeness (QED) is 0.816. The van der Waals surface area contributed by atoms with Crippen molar-refractivity contribution in [2.45, 2.75) is 27.7 Å². The summed E-state index contributed by atoms with van der Waals surface area (Å²) >= 11 is 5.92. The molecule has 1 N–H and O–H groups in total. The first kappa shape index (κ1) is 17.6. The molecule has 0 saturated carbocycles. The highest BCUT2D eigenvalue weighted by molar-refractivity contribution is 6.30. The number of nitrogens with zero attached hydrogens (tertiary/aromatic N) is 1. The van der Waals surface area contributed by atoms with Crippen LogP contribution in [0.25, 0.3) is 6.08 Å². The van der Waals surface area contributed by atoms with E-state index >= 15 is 0 Å². The van der Waals surface area contributed by atoms with Gasteiger partial charge in [-0.05, 0) is 35.6 Å². The molecule has 0 atom stereocenters. The lowest BCUT2D eigenvalue weighted by molar-refractivity contribution is 0.187. The van der Waals surface area contributed by atoms with Gasteiger partial charge in [0.2, 0.25) is 0 Å². The number of urea groups is 1. The van der Waals surface area contributed by atoms with Crippen molar-refractivity contribution in [3.8, 4) is 0 Å². The van der Waals surface area contributed by atoms with Crippen molar-refractivity contribution in [2.24, 2.45) is 11.8 Å². The molecule has 3 nitrogen and oxygen atoms in total. The molecule has 0 spiro atoms. The highest BCUT2D eigenvalue weighted by atomic mass is 35.5. The Hall–Kier alpha value is -1.48. The Morgan fingerprint density at radius 1 is 1.24 bits per heavy atom. The maximum atomic E-state index is 12.2. The number of hydrogen-bond donors (Lipinski definition) is 1. The van der Waals surface area contributed by atoms with Crippen LogP contribution >= 0.6 is 11.6 Å². The average Bonchev–Trinajstić information content (AvgIpc) is 2.36. The van der Waals surface area contributed by atoms with Gasteiger partial charge in [0.1, 0.15) is 0 Å². The summed E-state index contributed by atoms with van der Waals surface area (Å²) in [4.78, 5) is 14.1. The summed E-state index contributed by atoms with van der Waals surface area (Å²) in [7, 11) is 0. The normalized spacial score (nSPS) is 11.4. The Balaban J connectivity index is 2.60. The monoisotopic (exact) mass is 308 g/mol. The lowest BCUT2D eigenvalue weighted by Crippen LogP contribution is -2.41. The molecule has 0 aliphatic heterocycles. The summed E-state index contributed by atoms with van der Waals surface area (Å²) < 4.78 is 0. The minimum atomic E-state index is -0.0596. The Labute approximate surface area is 133 Å². The highest BCUT2D eigenvalue weighted by Gasteiger charge is 2.14. The van der Waals surface area contributed by atoms with Crippen LogP contribution in [-0.4, -0.2) is 24.0 Å². The predicted molar refractivity (Wildman–Crippen MR) is 90.3 cm³/mol. The van der Waals surface area contributed by atoms with E-state index in [9.17, 15) is 4.79 Å². The first-order chi connectivity index (χ1) is 9.88. The fourth-order valence-corrected chi connectivity index (χ4v) is 2.23. The average molecular weight is 309 g/mol. The molecule has 0 bridgehead atoms. The van der Waals surface area contributed by atoms with Crippen LogP contribution < -0.4 is 5.32 Å². The highest BCUT2D eigenvalue weighted by Crippen LogP contribution is 2.11. The van der Waals surface area contributed by atoms with Crippen molar-refractivity contribution in [3.63, 3.8) is 0 Å². The van der Waals surface area contributed by atoms with Gasteiger partial charge in [0.05, 0.1) is 0 Å². The molecule has 1 aromatic carbocycles. The minimum absolute atomic E-state index is 0.0596. The first-order valence-electron chi connectivity index (χ1n) is 7.36. The van der Waals surface area contributed by atoms with Gasteiger partial charge in [0.25, 0.3) is 0 Å². The van der Waals surface area contributed by atoms with Gasteiger partial charge in [-0.1, -0.05) is 51.4 Å². The minimum Gasteiger partial charge on any atom is -0.324 e. The predicted octanol–water partition coefficient (Wildman–Crippen LogP) is 4.63. The fraction of sp³-hybridized carbons (Fsp3) is 0.471. The molecule has 4 heteroatoms. The van der Waals surface area contributed by atoms with E-state index in [0.717, 1.165) is 18.7 Å². The number of nitrogens with one attached hydrogen (secondary N) is 1. The third-order valence-electron chi connectivity index (χ3n) is 2.79. The lowest BCUT2D eigenvalue weighted by atomic mass is 10.1. The third kappa shape index (κ3) is 7.19. The van der Waals surface area contributed by atoms with Gasteiger partial charge in [-0.3, -0.25) is 0 Å². The summed E-state index contributed by atoms with van der Waals surface area (Å²) in [6, 6.07) is 7.44. The van der Waals surface area contributed by atoms with Gasteiger partial charge in [-0.2, -0.15) is 0 Å². The van der Waals surface area contributed by atoms with E-state index in [1.54, 1.807) is 6.20 Å². The van der Waals surface area contributed by atoms with Gasteiger partial charge in [-0.25, -0.2) is 4.79 Å². The summed E-state index contributed by atoms with van der Waals surface area (Å²) in [6.45, 7) is 9.97. The molecular weight excluding hydrogens is 284 g/mol. The molecular formula is C17H25ClN2O. The van der Waals surface area contributed by atoms with Crippen molar-refractivity contribution in [3.05, 3.63) is 41.1 Å². The first-order valence-corrected chi connectivity index (χ1v) is 7.74. The standard InChI is InChI=1S/C17H25ClN2O/c1-13(2)11-20(12-14(3)4)17(21)19-9-8-15-6-5-7-16(18)10-15/h5-10,13-14H,11-12H2,1-4H3,(H,19,21)/b9-8+. The van der Waals surface area contributed by atoms with Crippen LogP contribution in [0.15, 0.2) is 30.5 Å². The van der Waals surface area contributed by atoms with Crippen LogP contribution in [0.2, 0.25) is 5.02 Å². The Morgan fingerprint density at radius 2 is 1.86 bits per heavy atom. The summed E-state index contributed by atoms with van der Waals surface area (Å²) in [6.07, 6.45) is 3.51. The van der Waals surface area contributed by atoms with E-state index in [-0.39, 0.29) is 6.03 Å². The van der Waals surface area contributed by atoms with E-state index in [0.29, 0.717) is 16.9 Å². The largest absolute Gasteiger partial charge is 0.324 e. The summed E-state index contributed by atoms with van der Waals surface area (Å²) in [5.74, 6) is 0.901. The van der Waals surface area contributed by atoms with Crippen LogP contribution in [-0.2, 0) is 0 Å². The number of benzene rings is 1. The Bertz CT molecular complexity index is 473.